The van der Waals surface area contributed by atoms with E-state index in [2.05, 4.69) is 32.9 Å². The van der Waals surface area contributed by atoms with Gasteiger partial charge < -0.3 is 5.73 Å². The van der Waals surface area contributed by atoms with Gasteiger partial charge in [-0.15, -0.1) is 11.8 Å². The van der Waals surface area contributed by atoms with Crippen molar-refractivity contribution in [3.63, 3.8) is 0 Å². The number of thioether (sulfide) groups is 1. The highest BCUT2D eigenvalue weighted by Gasteiger charge is 2.13. The van der Waals surface area contributed by atoms with Crippen LogP contribution >= 0.6 is 27.7 Å². The zero-order valence-electron chi connectivity index (χ0n) is 13.3. The highest BCUT2D eigenvalue weighted by atomic mass is 79.9. The van der Waals surface area contributed by atoms with E-state index in [4.69, 9.17) is 11.0 Å². The third-order valence-corrected chi connectivity index (χ3v) is 5.10. The molecule has 4 N–H and O–H groups in total. The zero-order chi connectivity index (χ0) is 17.7. The summed E-state index contributed by atoms with van der Waals surface area (Å²) < 4.78 is 0.815. The summed E-state index contributed by atoms with van der Waals surface area (Å²) in [7, 11) is 0. The molecule has 0 aliphatic carbocycles. The van der Waals surface area contributed by atoms with Crippen molar-refractivity contribution in [2.45, 2.75) is 18.7 Å². The van der Waals surface area contributed by atoms with E-state index in [1.807, 2.05) is 19.9 Å². The Kier molecular flexibility index (Phi) is 6.12. The molecule has 7 heteroatoms. The van der Waals surface area contributed by atoms with E-state index in [0.717, 1.165) is 20.7 Å². The predicted molar refractivity (Wildman–Crippen MR) is 102 cm³/mol. The Morgan fingerprint density at radius 1 is 1.38 bits per heavy atom. The average Bonchev–Trinajstić information content (AvgIpc) is 2.57. The van der Waals surface area contributed by atoms with Crippen LogP contribution in [0.2, 0.25) is 0 Å². The molecule has 124 valence electrons. The van der Waals surface area contributed by atoms with E-state index in [1.54, 1.807) is 36.0 Å². The Morgan fingerprint density at radius 3 is 2.79 bits per heavy atom. The van der Waals surface area contributed by atoms with Crippen LogP contribution in [0.5, 0.6) is 0 Å². The summed E-state index contributed by atoms with van der Waals surface area (Å²) in [4.78, 5) is 13.3. The number of hydrogen-bond acceptors (Lipinski definition) is 5. The molecule has 0 aromatic heterocycles. The van der Waals surface area contributed by atoms with Gasteiger partial charge in [0.05, 0.1) is 22.9 Å². The largest absolute Gasteiger partial charge is 0.398 e. The van der Waals surface area contributed by atoms with Gasteiger partial charge in [0.15, 0.2) is 0 Å². The summed E-state index contributed by atoms with van der Waals surface area (Å²) in [5.74, 6) is 0.537. The summed E-state index contributed by atoms with van der Waals surface area (Å²) in [6, 6.07) is 10.8. The Balaban J connectivity index is 2.20. The third-order valence-electron chi connectivity index (χ3n) is 3.29. The van der Waals surface area contributed by atoms with E-state index in [1.165, 1.54) is 0 Å². The standard InChI is InChI=1S/C17H17BrN4OS/c1-3-24-16-5-4-11(9-19)7-15(16)21-22-17(23)12-8-13(18)10(2)6-14(12)20/h4-8,21H,3,20H2,1-2H3,(H,22,23). The van der Waals surface area contributed by atoms with E-state index < -0.39 is 0 Å². The van der Waals surface area contributed by atoms with E-state index in [0.29, 0.717) is 22.5 Å². The van der Waals surface area contributed by atoms with Crippen molar-refractivity contribution in [3.05, 3.63) is 51.5 Å². The maximum absolute atomic E-state index is 12.4. The van der Waals surface area contributed by atoms with Gasteiger partial charge in [0.25, 0.3) is 5.91 Å². The van der Waals surface area contributed by atoms with Gasteiger partial charge in [-0.3, -0.25) is 15.6 Å². The number of nitrogen functional groups attached to an aromatic ring is 1. The molecule has 0 heterocycles. The molecule has 0 aliphatic rings. The molecule has 0 atom stereocenters. The zero-order valence-corrected chi connectivity index (χ0v) is 15.7. The molecule has 2 aromatic carbocycles. The van der Waals surface area contributed by atoms with Crippen molar-refractivity contribution in [2.24, 2.45) is 0 Å². The lowest BCUT2D eigenvalue weighted by Crippen LogP contribution is -2.30. The van der Waals surface area contributed by atoms with Crippen LogP contribution in [0, 0.1) is 18.3 Å². The fourth-order valence-electron chi connectivity index (χ4n) is 2.07. The lowest BCUT2D eigenvalue weighted by Gasteiger charge is -2.14. The number of aryl methyl sites for hydroxylation is 1. The first-order chi connectivity index (χ1) is 11.5. The highest BCUT2D eigenvalue weighted by molar-refractivity contribution is 9.10. The Hall–Kier alpha value is -2.17. The maximum Gasteiger partial charge on any atom is 0.271 e. The number of rotatable bonds is 5. The average molecular weight is 405 g/mol. The SMILES string of the molecule is CCSc1ccc(C#N)cc1NNC(=O)c1cc(Br)c(C)cc1N. The van der Waals surface area contributed by atoms with Crippen molar-refractivity contribution in [2.75, 3.05) is 16.9 Å². The molecule has 0 bridgehead atoms. The van der Waals surface area contributed by atoms with E-state index in [9.17, 15) is 4.79 Å². The molecule has 0 fully saturated rings. The number of nitrogens with zero attached hydrogens (tertiary/aromatic N) is 1. The van der Waals surface area contributed by atoms with Gasteiger partial charge in [-0.2, -0.15) is 5.26 Å². The summed E-state index contributed by atoms with van der Waals surface area (Å²) in [5.41, 5.74) is 14.4. The van der Waals surface area contributed by atoms with Crippen LogP contribution < -0.4 is 16.6 Å². The number of nitriles is 1. The molecule has 2 rings (SSSR count). The van der Waals surface area contributed by atoms with Gasteiger partial charge in [0.2, 0.25) is 0 Å². The molecule has 0 unspecified atom stereocenters. The van der Waals surface area contributed by atoms with Crippen LogP contribution in [0.3, 0.4) is 0 Å². The van der Waals surface area contributed by atoms with Crippen molar-refractivity contribution in [3.8, 4) is 6.07 Å². The predicted octanol–water partition coefficient (Wildman–Crippen LogP) is 4.08. The Morgan fingerprint density at radius 2 is 2.12 bits per heavy atom. The van der Waals surface area contributed by atoms with Crippen LogP contribution in [0.25, 0.3) is 0 Å². The smallest absolute Gasteiger partial charge is 0.271 e. The van der Waals surface area contributed by atoms with Gasteiger partial charge in [-0.25, -0.2) is 0 Å². The number of benzene rings is 2. The molecule has 0 spiro atoms. The summed E-state index contributed by atoms with van der Waals surface area (Å²) >= 11 is 5.02. The van der Waals surface area contributed by atoms with Crippen molar-refractivity contribution >= 4 is 45.0 Å². The highest BCUT2D eigenvalue weighted by Crippen LogP contribution is 2.28. The van der Waals surface area contributed by atoms with Gasteiger partial charge in [-0.1, -0.05) is 22.9 Å². The molecule has 1 amide bonds. The third kappa shape index (κ3) is 4.22. The minimum Gasteiger partial charge on any atom is -0.398 e. The number of amides is 1. The normalized spacial score (nSPS) is 10.1. The lowest BCUT2D eigenvalue weighted by molar-refractivity contribution is 0.0963. The van der Waals surface area contributed by atoms with Gasteiger partial charge in [0.1, 0.15) is 0 Å². The Labute approximate surface area is 153 Å². The van der Waals surface area contributed by atoms with Crippen molar-refractivity contribution in [1.82, 2.24) is 5.43 Å². The first-order valence-electron chi connectivity index (χ1n) is 7.25. The molecule has 0 radical (unpaired) electrons. The molecule has 0 aliphatic heterocycles. The minimum atomic E-state index is -0.344. The van der Waals surface area contributed by atoms with Crippen LogP contribution in [0.15, 0.2) is 39.7 Å². The fourth-order valence-corrected chi connectivity index (χ4v) is 3.15. The number of anilines is 2. The molecular weight excluding hydrogens is 388 g/mol. The van der Waals surface area contributed by atoms with Crippen LogP contribution in [0.1, 0.15) is 28.4 Å². The van der Waals surface area contributed by atoms with E-state index >= 15 is 0 Å². The van der Waals surface area contributed by atoms with Gasteiger partial charge in [-0.05, 0) is 48.6 Å². The molecule has 0 saturated carbocycles. The molecular formula is C17H17BrN4OS. The summed E-state index contributed by atoms with van der Waals surface area (Å²) in [5, 5.41) is 9.04. The number of carbonyl (C=O) groups is 1. The van der Waals surface area contributed by atoms with E-state index in [-0.39, 0.29) is 5.91 Å². The molecule has 0 saturated heterocycles. The summed E-state index contributed by atoms with van der Waals surface area (Å²) in [6.07, 6.45) is 0. The number of nitrogens with two attached hydrogens (primary N) is 1. The van der Waals surface area contributed by atoms with Crippen molar-refractivity contribution in [1.29, 1.82) is 5.26 Å². The van der Waals surface area contributed by atoms with Crippen LogP contribution in [-0.4, -0.2) is 11.7 Å². The fraction of sp³-hybridized carbons (Fsp3) is 0.176. The second-order valence-electron chi connectivity index (χ2n) is 5.02. The number of halogens is 1. The van der Waals surface area contributed by atoms with Gasteiger partial charge in [0, 0.05) is 15.1 Å². The summed E-state index contributed by atoms with van der Waals surface area (Å²) in [6.45, 7) is 3.94. The van der Waals surface area contributed by atoms with Gasteiger partial charge >= 0.3 is 0 Å². The minimum absolute atomic E-state index is 0.344. The van der Waals surface area contributed by atoms with Crippen LogP contribution in [-0.2, 0) is 0 Å². The monoisotopic (exact) mass is 404 g/mol. The quantitative estimate of drug-likeness (QED) is 0.396. The first-order valence-corrected chi connectivity index (χ1v) is 9.03. The second-order valence-corrected chi connectivity index (χ2v) is 7.18. The topological polar surface area (TPSA) is 90.9 Å². The number of carbonyl (C=O) groups excluding carboxylic acids is 1. The Bertz CT molecular complexity index is 817. The number of hydrazine groups is 1. The first kappa shape index (κ1) is 18.2. The molecule has 5 nitrogen and oxygen atoms in total. The van der Waals surface area contributed by atoms with Crippen molar-refractivity contribution < 1.29 is 4.79 Å². The van der Waals surface area contributed by atoms with Crippen LogP contribution in [0.4, 0.5) is 11.4 Å². The molecule has 2 aromatic rings. The number of nitrogens with one attached hydrogen (secondary N) is 2. The molecule has 24 heavy (non-hydrogen) atoms. The number of hydrogen-bond donors (Lipinski definition) is 3. The second kappa shape index (κ2) is 8.08. The lowest BCUT2D eigenvalue weighted by atomic mass is 10.1. The maximum atomic E-state index is 12.4.